The predicted octanol–water partition coefficient (Wildman–Crippen LogP) is 4.27. The SMILES string of the molecule is CN1CCN(c2ccc(C(=O)Nc3nn(C(=O)O)c4ccc(S(=O)(=O)c5cc(F)cc(F)c5)cc34)c(NC3CCOCC3)c2)CC1. The normalized spacial score (nSPS) is 16.5. The number of sulfone groups is 1. The third kappa shape index (κ3) is 6.38. The lowest BCUT2D eigenvalue weighted by molar-refractivity contribution is 0.0904. The van der Waals surface area contributed by atoms with E-state index < -0.39 is 38.4 Å². The number of nitrogens with zero attached hydrogens (tertiary/aromatic N) is 4. The second-order valence-electron chi connectivity index (χ2n) is 11.3. The fraction of sp³-hybridized carbons (Fsp3) is 0.323. The second-order valence-corrected chi connectivity index (χ2v) is 13.3. The summed E-state index contributed by atoms with van der Waals surface area (Å²) in [5.41, 5.74) is 1.81. The van der Waals surface area contributed by atoms with Gasteiger partial charge in [0, 0.05) is 68.3 Å². The van der Waals surface area contributed by atoms with Crippen molar-refractivity contribution in [3.8, 4) is 0 Å². The molecule has 6 rings (SSSR count). The number of hydrogen-bond donors (Lipinski definition) is 3. The Balaban J connectivity index is 1.37. The van der Waals surface area contributed by atoms with Gasteiger partial charge in [0.25, 0.3) is 5.91 Å². The molecule has 0 atom stereocenters. The zero-order valence-electron chi connectivity index (χ0n) is 24.9. The van der Waals surface area contributed by atoms with Crippen molar-refractivity contribution in [1.82, 2.24) is 14.7 Å². The van der Waals surface area contributed by atoms with Crippen LogP contribution < -0.4 is 15.5 Å². The minimum absolute atomic E-state index is 0.00157. The molecule has 0 unspecified atom stereocenters. The molecule has 12 nitrogen and oxygen atoms in total. The van der Waals surface area contributed by atoms with Crippen LogP contribution in [0.1, 0.15) is 23.2 Å². The van der Waals surface area contributed by atoms with Gasteiger partial charge in [-0.15, -0.1) is 5.10 Å². The molecule has 2 saturated heterocycles. The number of nitrogens with one attached hydrogen (secondary N) is 2. The van der Waals surface area contributed by atoms with E-state index in [-0.39, 0.29) is 33.2 Å². The second kappa shape index (κ2) is 12.7. The van der Waals surface area contributed by atoms with Crippen LogP contribution in [0.25, 0.3) is 10.9 Å². The van der Waals surface area contributed by atoms with Gasteiger partial charge >= 0.3 is 6.09 Å². The zero-order valence-corrected chi connectivity index (χ0v) is 25.7. The maximum Gasteiger partial charge on any atom is 0.432 e. The summed E-state index contributed by atoms with van der Waals surface area (Å²) in [5, 5.41) is 20.0. The van der Waals surface area contributed by atoms with Gasteiger partial charge in [-0.05, 0) is 68.4 Å². The number of likely N-dealkylation sites (N-methyl/N-ethyl adjacent to an activating group) is 1. The van der Waals surface area contributed by atoms with E-state index in [2.05, 4.69) is 32.6 Å². The van der Waals surface area contributed by atoms with E-state index >= 15 is 0 Å². The zero-order chi connectivity index (χ0) is 32.6. The highest BCUT2D eigenvalue weighted by Gasteiger charge is 2.26. The maximum atomic E-state index is 13.9. The Morgan fingerprint density at radius 2 is 1.63 bits per heavy atom. The summed E-state index contributed by atoms with van der Waals surface area (Å²) in [6, 6.07) is 10.9. The van der Waals surface area contributed by atoms with Crippen LogP contribution in [-0.4, -0.2) is 92.7 Å². The molecular formula is C31H32F2N6O6S. The lowest BCUT2D eigenvalue weighted by atomic mass is 10.1. The number of amides is 1. The monoisotopic (exact) mass is 654 g/mol. The molecule has 0 spiro atoms. The van der Waals surface area contributed by atoms with E-state index in [1.165, 1.54) is 6.07 Å². The minimum atomic E-state index is -4.43. The highest BCUT2D eigenvalue weighted by Crippen LogP contribution is 2.32. The van der Waals surface area contributed by atoms with Crippen molar-refractivity contribution < 1.29 is 36.6 Å². The lowest BCUT2D eigenvalue weighted by Crippen LogP contribution is -2.44. The molecule has 2 fully saturated rings. The molecule has 0 saturated carbocycles. The Bertz CT molecular complexity index is 1900. The van der Waals surface area contributed by atoms with Crippen LogP contribution in [0.5, 0.6) is 0 Å². The van der Waals surface area contributed by atoms with Crippen LogP contribution in [0, 0.1) is 11.6 Å². The Hall–Kier alpha value is -4.60. The number of benzene rings is 3. The predicted molar refractivity (Wildman–Crippen MR) is 167 cm³/mol. The van der Waals surface area contributed by atoms with Crippen LogP contribution in [0.2, 0.25) is 0 Å². The molecule has 15 heteroatoms. The number of hydrogen-bond acceptors (Lipinski definition) is 9. The molecular weight excluding hydrogens is 622 g/mol. The van der Waals surface area contributed by atoms with Crippen LogP contribution in [-0.2, 0) is 14.6 Å². The highest BCUT2D eigenvalue weighted by molar-refractivity contribution is 7.91. The largest absolute Gasteiger partial charge is 0.463 e. The van der Waals surface area contributed by atoms with E-state index in [1.54, 1.807) is 6.07 Å². The van der Waals surface area contributed by atoms with Crippen LogP contribution in [0.15, 0.2) is 64.4 Å². The number of piperazine rings is 1. The number of rotatable bonds is 7. The first-order valence-corrected chi connectivity index (χ1v) is 16.2. The van der Waals surface area contributed by atoms with Gasteiger partial charge in [0.2, 0.25) is 9.84 Å². The van der Waals surface area contributed by atoms with Gasteiger partial charge in [-0.3, -0.25) is 4.79 Å². The Kier molecular flexibility index (Phi) is 8.63. The van der Waals surface area contributed by atoms with Crippen molar-refractivity contribution in [3.63, 3.8) is 0 Å². The topological polar surface area (TPSA) is 146 Å². The van der Waals surface area contributed by atoms with Gasteiger partial charge in [-0.2, -0.15) is 4.68 Å². The number of carbonyl (C=O) groups excluding carboxylic acids is 1. The van der Waals surface area contributed by atoms with Crippen molar-refractivity contribution in [2.75, 3.05) is 62.0 Å². The van der Waals surface area contributed by atoms with Crippen LogP contribution in [0.3, 0.4) is 0 Å². The fourth-order valence-corrected chi connectivity index (χ4v) is 7.00. The summed E-state index contributed by atoms with van der Waals surface area (Å²) < 4.78 is 60.4. The smallest absolute Gasteiger partial charge is 0.432 e. The van der Waals surface area contributed by atoms with Gasteiger partial charge in [-0.1, -0.05) is 0 Å². The van der Waals surface area contributed by atoms with Gasteiger partial charge in [0.1, 0.15) is 11.6 Å². The molecule has 3 aromatic carbocycles. The molecule has 3 heterocycles. The van der Waals surface area contributed by atoms with E-state index in [0.717, 1.165) is 56.8 Å². The van der Waals surface area contributed by atoms with Gasteiger partial charge < -0.3 is 30.3 Å². The summed E-state index contributed by atoms with van der Waals surface area (Å²) in [6.07, 6.45) is 0.0338. The van der Waals surface area contributed by atoms with E-state index in [0.29, 0.717) is 41.8 Å². The van der Waals surface area contributed by atoms with Crippen molar-refractivity contribution >= 4 is 49.9 Å². The molecule has 4 aromatic rings. The molecule has 1 aromatic heterocycles. The van der Waals surface area contributed by atoms with Crippen molar-refractivity contribution in [2.24, 2.45) is 0 Å². The summed E-state index contributed by atoms with van der Waals surface area (Å²) in [5.74, 6) is -2.95. The minimum Gasteiger partial charge on any atom is -0.463 e. The molecule has 3 N–H and O–H groups in total. The quantitative estimate of drug-likeness (QED) is 0.264. The van der Waals surface area contributed by atoms with Crippen molar-refractivity contribution in [2.45, 2.75) is 28.7 Å². The first kappa shape index (κ1) is 31.4. The molecule has 242 valence electrons. The number of aromatic nitrogens is 2. The third-order valence-electron chi connectivity index (χ3n) is 8.22. The number of anilines is 3. The van der Waals surface area contributed by atoms with Gasteiger partial charge in [0.05, 0.1) is 20.9 Å². The molecule has 1 amide bonds. The average molecular weight is 655 g/mol. The van der Waals surface area contributed by atoms with E-state index in [1.807, 2.05) is 12.1 Å². The number of carboxylic acid groups (broad SMARTS) is 1. The van der Waals surface area contributed by atoms with Crippen molar-refractivity contribution in [1.29, 1.82) is 0 Å². The number of fused-ring (bicyclic) bond motifs is 1. The Labute approximate surface area is 263 Å². The Morgan fingerprint density at radius 1 is 0.935 bits per heavy atom. The van der Waals surface area contributed by atoms with Crippen molar-refractivity contribution in [3.05, 3.63) is 71.8 Å². The first-order chi connectivity index (χ1) is 22.0. The third-order valence-corrected chi connectivity index (χ3v) is 9.95. The summed E-state index contributed by atoms with van der Waals surface area (Å²) in [6.45, 7) is 4.62. The summed E-state index contributed by atoms with van der Waals surface area (Å²) in [4.78, 5) is 29.3. The molecule has 2 aliphatic rings. The standard InChI is InChI=1S/C31H32F2N6O6S/c1-37-8-10-38(11-9-37)22-2-4-25(27(17-22)34-21-6-12-45-13-7-21)30(40)35-29-26-18-23(3-5-28(26)39(36-29)31(41)42)46(43,44)24-15-19(32)14-20(33)16-24/h2-5,14-18,21,34H,6-13H2,1H3,(H,41,42)(H,35,36,40). The van der Waals surface area contributed by atoms with Crippen LogP contribution in [0.4, 0.5) is 30.8 Å². The first-order valence-electron chi connectivity index (χ1n) is 14.7. The van der Waals surface area contributed by atoms with E-state index in [4.69, 9.17) is 4.74 Å². The average Bonchev–Trinajstić information content (AvgIpc) is 3.39. The number of carbonyl (C=O) groups is 2. The van der Waals surface area contributed by atoms with Gasteiger partial charge in [-0.25, -0.2) is 22.0 Å². The summed E-state index contributed by atoms with van der Waals surface area (Å²) in [7, 11) is -2.36. The van der Waals surface area contributed by atoms with Crippen LogP contribution >= 0.6 is 0 Å². The lowest BCUT2D eigenvalue weighted by Gasteiger charge is -2.34. The molecule has 46 heavy (non-hydrogen) atoms. The maximum absolute atomic E-state index is 13.9. The number of halogens is 2. The molecule has 0 radical (unpaired) electrons. The fourth-order valence-electron chi connectivity index (χ4n) is 5.67. The van der Waals surface area contributed by atoms with E-state index in [9.17, 15) is 31.9 Å². The van der Waals surface area contributed by atoms with Gasteiger partial charge in [0.15, 0.2) is 5.82 Å². The Morgan fingerprint density at radius 3 is 2.30 bits per heavy atom. The number of ether oxygens (including phenoxy) is 1. The highest BCUT2D eigenvalue weighted by atomic mass is 32.2. The molecule has 0 bridgehead atoms. The molecule has 0 aliphatic carbocycles. The summed E-state index contributed by atoms with van der Waals surface area (Å²) >= 11 is 0. The molecule has 2 aliphatic heterocycles.